The van der Waals surface area contributed by atoms with Crippen LogP contribution in [-0.4, -0.2) is 67.3 Å². The molecule has 7 heteroatoms. The third-order valence-corrected chi connectivity index (χ3v) is 5.73. The van der Waals surface area contributed by atoms with Gasteiger partial charge in [-0.15, -0.1) is 0 Å². The van der Waals surface area contributed by atoms with Gasteiger partial charge in [-0.2, -0.15) is 5.26 Å². The van der Waals surface area contributed by atoms with Crippen molar-refractivity contribution in [1.82, 2.24) is 15.2 Å². The fourth-order valence-electron chi connectivity index (χ4n) is 4.39. The molecule has 2 fully saturated rings. The summed E-state index contributed by atoms with van der Waals surface area (Å²) in [6.45, 7) is 5.12. The Kier molecular flexibility index (Phi) is 5.65. The van der Waals surface area contributed by atoms with Crippen LogP contribution in [0.3, 0.4) is 0 Å². The number of likely N-dealkylation sites (N-methyl/N-ethyl adjacent to an activating group) is 1. The number of fused-ring (bicyclic) bond motifs is 1. The minimum Gasteiger partial charge on any atom is -0.365 e. The maximum atomic E-state index is 12.9. The topological polar surface area (TPSA) is 81.5 Å². The molecule has 2 aliphatic heterocycles. The molecule has 2 aromatic rings. The number of hydrogen-bond donors (Lipinski definition) is 1. The maximum Gasteiger partial charge on any atom is 0.251 e. The molecular formula is C22H27N5O2. The molecule has 1 amide bonds. The number of carbonyl (C=O) groups excluding carboxylic acids is 1. The first-order valence-electron chi connectivity index (χ1n) is 10.2. The second kappa shape index (κ2) is 8.36. The smallest absolute Gasteiger partial charge is 0.251 e. The van der Waals surface area contributed by atoms with E-state index in [4.69, 9.17) is 4.74 Å². The average molecular weight is 393 g/mol. The number of amides is 1. The average Bonchev–Trinajstić information content (AvgIpc) is 2.72. The fourth-order valence-corrected chi connectivity index (χ4v) is 4.39. The van der Waals surface area contributed by atoms with Crippen LogP contribution in [0.15, 0.2) is 30.5 Å². The van der Waals surface area contributed by atoms with Crippen molar-refractivity contribution in [1.29, 1.82) is 5.26 Å². The molecule has 2 aliphatic rings. The molecule has 152 valence electrons. The summed E-state index contributed by atoms with van der Waals surface area (Å²) in [6, 6.07) is 9.99. The third-order valence-electron chi connectivity index (χ3n) is 5.73. The summed E-state index contributed by atoms with van der Waals surface area (Å²) in [5, 5.41) is 13.5. The predicted molar refractivity (Wildman–Crippen MR) is 112 cm³/mol. The number of aromatic nitrogens is 1. The van der Waals surface area contributed by atoms with Crippen LogP contribution in [0, 0.1) is 11.3 Å². The van der Waals surface area contributed by atoms with Crippen LogP contribution < -0.4 is 10.2 Å². The minimum atomic E-state index is -0.520. The molecule has 1 unspecified atom stereocenters. The molecule has 0 aliphatic carbocycles. The largest absolute Gasteiger partial charge is 0.365 e. The van der Waals surface area contributed by atoms with Gasteiger partial charge in [-0.1, -0.05) is 0 Å². The van der Waals surface area contributed by atoms with Crippen molar-refractivity contribution in [3.8, 4) is 6.07 Å². The van der Waals surface area contributed by atoms with Crippen LogP contribution in [0.5, 0.6) is 0 Å². The predicted octanol–water partition coefficient (Wildman–Crippen LogP) is 1.91. The zero-order valence-corrected chi connectivity index (χ0v) is 17.0. The maximum absolute atomic E-state index is 12.9. The van der Waals surface area contributed by atoms with Gasteiger partial charge in [0.15, 0.2) is 6.10 Å². The summed E-state index contributed by atoms with van der Waals surface area (Å²) in [4.78, 5) is 21.8. The SMILES string of the molecule is C[C@@H]1CN(c2ccc(C#N)c3ncccc23)C[C@H](C(=O)NC2CCCN(C)C2)O1. The Morgan fingerprint density at radius 1 is 1.31 bits per heavy atom. The molecular weight excluding hydrogens is 366 g/mol. The standard InChI is InChI=1S/C22H27N5O2/c1-15-12-27(19-8-7-16(11-23)21-18(19)6-3-9-24-21)14-20(29-15)22(28)25-17-5-4-10-26(2)13-17/h3,6-9,15,17,20H,4-5,10,12-14H2,1-2H3,(H,25,28)/t15-,17?,20-/m1/s1. The van der Waals surface area contributed by atoms with Gasteiger partial charge in [-0.25, -0.2) is 0 Å². The van der Waals surface area contributed by atoms with E-state index in [0.29, 0.717) is 24.2 Å². The molecule has 0 saturated carbocycles. The Morgan fingerprint density at radius 3 is 2.97 bits per heavy atom. The zero-order chi connectivity index (χ0) is 20.4. The Morgan fingerprint density at radius 2 is 2.17 bits per heavy atom. The lowest BCUT2D eigenvalue weighted by atomic mass is 10.0. The number of morpholine rings is 1. The lowest BCUT2D eigenvalue weighted by molar-refractivity contribution is -0.138. The first-order chi connectivity index (χ1) is 14.0. The number of rotatable bonds is 3. The normalized spacial score (nSPS) is 25.6. The molecule has 3 atom stereocenters. The lowest BCUT2D eigenvalue weighted by Crippen LogP contribution is -2.56. The molecule has 7 nitrogen and oxygen atoms in total. The molecule has 29 heavy (non-hydrogen) atoms. The van der Waals surface area contributed by atoms with Crippen molar-refractivity contribution in [3.05, 3.63) is 36.0 Å². The van der Waals surface area contributed by atoms with Crippen LogP contribution in [0.25, 0.3) is 10.9 Å². The van der Waals surface area contributed by atoms with E-state index in [1.165, 1.54) is 0 Å². The molecule has 0 spiro atoms. The molecule has 2 saturated heterocycles. The van der Waals surface area contributed by atoms with Gasteiger partial charge in [0.2, 0.25) is 0 Å². The Hall–Kier alpha value is -2.69. The van der Waals surface area contributed by atoms with Gasteiger partial charge < -0.3 is 19.9 Å². The van der Waals surface area contributed by atoms with E-state index < -0.39 is 6.10 Å². The number of anilines is 1. The number of nitrogens with one attached hydrogen (secondary N) is 1. The molecule has 0 bridgehead atoms. The molecule has 3 heterocycles. The molecule has 1 aromatic carbocycles. The molecule has 1 aromatic heterocycles. The quantitative estimate of drug-likeness (QED) is 0.858. The fraction of sp³-hybridized carbons (Fsp3) is 0.500. The molecule has 4 rings (SSSR count). The van der Waals surface area contributed by atoms with Gasteiger partial charge in [0.25, 0.3) is 5.91 Å². The van der Waals surface area contributed by atoms with Crippen molar-refractivity contribution >= 4 is 22.5 Å². The van der Waals surface area contributed by atoms with Gasteiger partial charge >= 0.3 is 0 Å². The van der Waals surface area contributed by atoms with Crippen LogP contribution in [-0.2, 0) is 9.53 Å². The second-order valence-electron chi connectivity index (χ2n) is 8.09. The van der Waals surface area contributed by atoms with Crippen molar-refractivity contribution in [2.24, 2.45) is 0 Å². The Bertz CT molecular complexity index is 940. The van der Waals surface area contributed by atoms with Gasteiger partial charge in [0.05, 0.1) is 23.7 Å². The highest BCUT2D eigenvalue weighted by Crippen LogP contribution is 2.30. The Labute approximate surface area is 171 Å². The zero-order valence-electron chi connectivity index (χ0n) is 17.0. The highest BCUT2D eigenvalue weighted by Gasteiger charge is 2.33. The van der Waals surface area contributed by atoms with Gasteiger partial charge in [0.1, 0.15) is 6.07 Å². The van der Waals surface area contributed by atoms with Crippen molar-refractivity contribution < 1.29 is 9.53 Å². The van der Waals surface area contributed by atoms with Gasteiger partial charge in [-0.05, 0) is 57.6 Å². The highest BCUT2D eigenvalue weighted by molar-refractivity contribution is 5.95. The van der Waals surface area contributed by atoms with E-state index in [1.54, 1.807) is 12.3 Å². The highest BCUT2D eigenvalue weighted by atomic mass is 16.5. The number of piperidine rings is 1. The Balaban J connectivity index is 1.54. The minimum absolute atomic E-state index is 0.0436. The third kappa shape index (κ3) is 4.19. The van der Waals surface area contributed by atoms with Gasteiger partial charge in [-0.3, -0.25) is 9.78 Å². The number of pyridine rings is 1. The van der Waals surface area contributed by atoms with E-state index in [2.05, 4.69) is 33.2 Å². The number of nitriles is 1. The number of likely N-dealkylation sites (tertiary alicyclic amines) is 1. The number of ether oxygens (including phenoxy) is 1. The first-order valence-corrected chi connectivity index (χ1v) is 10.2. The monoisotopic (exact) mass is 393 g/mol. The second-order valence-corrected chi connectivity index (χ2v) is 8.09. The van der Waals surface area contributed by atoms with E-state index in [0.717, 1.165) is 37.0 Å². The van der Waals surface area contributed by atoms with Gasteiger partial charge in [0, 0.05) is 36.4 Å². The van der Waals surface area contributed by atoms with Crippen molar-refractivity contribution in [2.75, 3.05) is 38.1 Å². The number of hydrogen-bond acceptors (Lipinski definition) is 6. The summed E-state index contributed by atoms with van der Waals surface area (Å²) in [7, 11) is 2.09. The van der Waals surface area contributed by atoms with E-state index in [1.807, 2.05) is 25.1 Å². The van der Waals surface area contributed by atoms with Crippen LogP contribution in [0.1, 0.15) is 25.3 Å². The van der Waals surface area contributed by atoms with E-state index in [-0.39, 0.29) is 18.1 Å². The van der Waals surface area contributed by atoms with Crippen LogP contribution in [0.4, 0.5) is 5.69 Å². The molecule has 0 radical (unpaired) electrons. The molecule has 1 N–H and O–H groups in total. The van der Waals surface area contributed by atoms with Crippen LogP contribution >= 0.6 is 0 Å². The number of carbonyl (C=O) groups is 1. The number of benzene rings is 1. The van der Waals surface area contributed by atoms with E-state index >= 15 is 0 Å². The lowest BCUT2D eigenvalue weighted by Gasteiger charge is -2.39. The van der Waals surface area contributed by atoms with E-state index in [9.17, 15) is 10.1 Å². The summed E-state index contributed by atoms with van der Waals surface area (Å²) < 4.78 is 5.99. The summed E-state index contributed by atoms with van der Waals surface area (Å²) in [6.07, 6.45) is 3.21. The van der Waals surface area contributed by atoms with Crippen molar-refractivity contribution in [3.63, 3.8) is 0 Å². The summed E-state index contributed by atoms with van der Waals surface area (Å²) in [5.74, 6) is -0.0436. The summed E-state index contributed by atoms with van der Waals surface area (Å²) in [5.41, 5.74) is 2.23. The first kappa shape index (κ1) is 19.6. The number of nitrogens with zero attached hydrogens (tertiary/aromatic N) is 4. The summed E-state index contributed by atoms with van der Waals surface area (Å²) >= 11 is 0. The van der Waals surface area contributed by atoms with Crippen LogP contribution in [0.2, 0.25) is 0 Å². The van der Waals surface area contributed by atoms with Crippen molar-refractivity contribution in [2.45, 2.75) is 38.0 Å².